The van der Waals surface area contributed by atoms with Gasteiger partial charge in [-0.15, -0.1) is 18.3 Å². The molecule has 3 saturated carbocycles. The third-order valence-electron chi connectivity index (χ3n) is 10.1. The van der Waals surface area contributed by atoms with Gasteiger partial charge >= 0.3 is 5.97 Å². The van der Waals surface area contributed by atoms with Crippen molar-refractivity contribution in [1.29, 1.82) is 0 Å². The van der Waals surface area contributed by atoms with Gasteiger partial charge in [0.25, 0.3) is 0 Å². The number of esters is 1. The lowest BCUT2D eigenvalue weighted by Crippen LogP contribution is -2.63. The number of ketones is 1. The zero-order chi connectivity index (χ0) is 38.5. The number of hydrogen-bond donors (Lipinski definition) is 1. The summed E-state index contributed by atoms with van der Waals surface area (Å²) in [6.45, 7) is 7.80. The minimum atomic E-state index is -3.86. The van der Waals surface area contributed by atoms with Crippen molar-refractivity contribution in [3.05, 3.63) is 12.7 Å². The third-order valence-corrected chi connectivity index (χ3v) is 11.0. The number of fused-ring (bicyclic) bond motifs is 2. The Morgan fingerprint density at radius 2 is 2.03 bits per heavy atom. The number of hydrogen-bond acceptors (Lipinski definition) is 6. The van der Waals surface area contributed by atoms with E-state index < -0.39 is 101 Å². The van der Waals surface area contributed by atoms with Crippen LogP contribution < -0.4 is 0 Å². The van der Waals surface area contributed by atoms with Crippen molar-refractivity contribution in [2.45, 2.75) is 115 Å². The van der Waals surface area contributed by atoms with Gasteiger partial charge in [-0.05, 0) is 75.4 Å². The molecule has 36 heavy (non-hydrogen) atoms. The van der Waals surface area contributed by atoms with Crippen molar-refractivity contribution in [1.82, 2.24) is 4.90 Å². The quantitative estimate of drug-likeness (QED) is 0.386. The fraction of sp³-hybridized carbons (Fsp3) is 0.867. The molecule has 5 fully saturated rings. The molecule has 5 rings (SSSR count). The van der Waals surface area contributed by atoms with E-state index >= 15 is 0 Å². The van der Waals surface area contributed by atoms with Gasteiger partial charge in [-0.2, -0.15) is 0 Å². The van der Waals surface area contributed by atoms with Gasteiger partial charge in [0.15, 0.2) is 0 Å². The summed E-state index contributed by atoms with van der Waals surface area (Å²) in [5.41, 5.74) is -2.49. The lowest BCUT2D eigenvalue weighted by atomic mass is 9.44. The number of aliphatic hydroxyl groups is 1. The molecule has 202 valence electrons. The van der Waals surface area contributed by atoms with Gasteiger partial charge in [0, 0.05) is 59.6 Å². The smallest absolute Gasteiger partial charge is 0.316 e. The van der Waals surface area contributed by atoms with E-state index in [4.69, 9.17) is 22.6 Å². The van der Waals surface area contributed by atoms with Crippen molar-refractivity contribution in [3.63, 3.8) is 0 Å². The van der Waals surface area contributed by atoms with Crippen LogP contribution >= 0.6 is 11.8 Å². The van der Waals surface area contributed by atoms with Crippen molar-refractivity contribution in [3.8, 4) is 0 Å². The summed E-state index contributed by atoms with van der Waals surface area (Å²) in [4.78, 5) is 27.2. The fourth-order valence-corrected chi connectivity index (χ4v) is 8.33. The molecule has 2 aliphatic heterocycles. The molecular formula is C30H47NO4S. The minimum Gasteiger partial charge on any atom is -0.461 e. The van der Waals surface area contributed by atoms with E-state index in [0.717, 1.165) is 0 Å². The summed E-state index contributed by atoms with van der Waals surface area (Å²) in [5, 5.41) is 8.26. The van der Waals surface area contributed by atoms with Crippen LogP contribution in [0, 0.1) is 34.0 Å². The molecule has 1 N–H and O–H groups in total. The zero-order valence-corrected chi connectivity index (χ0v) is 22.3. The first kappa shape index (κ1) is 14.5. The molecule has 4 unspecified atom stereocenters. The van der Waals surface area contributed by atoms with Crippen LogP contribution in [0.15, 0.2) is 12.7 Å². The van der Waals surface area contributed by atoms with Gasteiger partial charge < -0.3 is 14.7 Å². The number of piperidine rings is 1. The van der Waals surface area contributed by atoms with Crippen molar-refractivity contribution < 1.29 is 38.6 Å². The summed E-state index contributed by atoms with van der Waals surface area (Å²) in [6.07, 6.45) is -13.5. The summed E-state index contributed by atoms with van der Waals surface area (Å²) < 4.78 is 127. The number of nitrogens with zero attached hydrogens (tertiary/aromatic N) is 1. The SMILES string of the molecule is [2H]C([2H])([2H])N1[C@@]2([2H])C([2H])([2H])C([2H])(SCC(=O)O[C@@H]3C[C@@](C)(C=C)[C@@H](O)[C@H](C)C45CCC(=O)C4C3(C)C(C)CC5)C([2H])([2H])[C@@]1([2H])C([2H])([2H])C2([2H])[2H]. The van der Waals surface area contributed by atoms with E-state index in [2.05, 4.69) is 6.58 Å². The normalized spacial score (nSPS) is 68.6. The van der Waals surface area contributed by atoms with Gasteiger partial charge in [0.1, 0.15) is 11.9 Å². The summed E-state index contributed by atoms with van der Waals surface area (Å²) in [5.74, 6) is -3.05. The van der Waals surface area contributed by atoms with Gasteiger partial charge in [-0.25, -0.2) is 0 Å². The molecule has 10 atom stereocenters. The Morgan fingerprint density at radius 1 is 1.33 bits per heavy atom. The van der Waals surface area contributed by atoms with E-state index in [1.54, 1.807) is 13.0 Å². The molecule has 0 spiro atoms. The van der Waals surface area contributed by atoms with E-state index in [1.165, 1.54) is 0 Å². The van der Waals surface area contributed by atoms with Gasteiger partial charge in [0.2, 0.25) is 0 Å². The van der Waals surface area contributed by atoms with Crippen LogP contribution in [-0.4, -0.2) is 64.0 Å². The Hall–Kier alpha value is -0.850. The van der Waals surface area contributed by atoms with Gasteiger partial charge in [-0.1, -0.05) is 33.8 Å². The summed E-state index contributed by atoms with van der Waals surface area (Å²) in [7, 11) is 0. The van der Waals surface area contributed by atoms with Crippen LogP contribution in [0.25, 0.3) is 0 Å². The average Bonchev–Trinajstić information content (AvgIpc) is 3.39. The maximum Gasteiger partial charge on any atom is 0.316 e. The monoisotopic (exact) mass is 531 g/mol. The Labute approximate surface area is 241 Å². The van der Waals surface area contributed by atoms with Crippen LogP contribution in [0.5, 0.6) is 0 Å². The van der Waals surface area contributed by atoms with E-state index in [-0.39, 0.29) is 35.8 Å². The number of rotatable bonds is 5. The first-order chi connectivity index (χ1) is 22.3. The fourth-order valence-electron chi connectivity index (χ4n) is 7.66. The van der Waals surface area contributed by atoms with Crippen LogP contribution in [0.4, 0.5) is 0 Å². The lowest BCUT2D eigenvalue weighted by molar-refractivity contribution is -0.205. The van der Waals surface area contributed by atoms with Crippen molar-refractivity contribution >= 4 is 23.5 Å². The largest absolute Gasteiger partial charge is 0.461 e. The van der Waals surface area contributed by atoms with E-state index in [9.17, 15) is 16.1 Å². The summed E-state index contributed by atoms with van der Waals surface area (Å²) in [6, 6.07) is -7.67. The standard InChI is InChI=1S/C30H47NO4S/c1-7-28(4)16-24(35-25(33)17-36-22-14-20-8-9-21(15-22)31(20)6)29(5)18(2)10-12-30(19(3)27(28)34)13-11-23(32)26(29)30/h7,18-22,24,26-27,34H,1,8-17H2,2-6H3/t18?,19-,20+,21+,24+,26?,27-,28+,29?,30?/m0/s1/i6D3,8D2,9D2,14D2,15D2,20D,21D,22D. The second-order valence-electron chi connectivity index (χ2n) is 11.7. The van der Waals surface area contributed by atoms with Gasteiger partial charge in [0.05, 0.1) is 11.9 Å². The van der Waals surface area contributed by atoms with Gasteiger partial charge in [-0.3, -0.25) is 9.59 Å². The Morgan fingerprint density at radius 3 is 2.67 bits per heavy atom. The zero-order valence-electron chi connectivity index (χ0n) is 35.4. The molecule has 5 nitrogen and oxygen atoms in total. The Bertz CT molecular complexity index is 1440. The molecule has 0 aromatic carbocycles. The number of carbonyl (C=O) groups is 2. The highest BCUT2D eigenvalue weighted by Crippen LogP contribution is 2.68. The Kier molecular flexibility index (Phi) is 3.79. The second-order valence-corrected chi connectivity index (χ2v) is 12.7. The number of Topliss-reactive ketones (excluding diaryl/α,β-unsaturated/α-hetero) is 1. The summed E-state index contributed by atoms with van der Waals surface area (Å²) >= 11 is -0.0514. The van der Waals surface area contributed by atoms with Crippen LogP contribution in [0.1, 0.15) is 104 Å². The first-order valence-corrected chi connectivity index (χ1v) is 13.8. The number of aliphatic hydroxyl groups excluding tert-OH is 1. The average molecular weight is 532 g/mol. The molecule has 4 bridgehead atoms. The van der Waals surface area contributed by atoms with Crippen LogP contribution in [-0.2, 0) is 14.3 Å². The molecule has 6 heteroatoms. The van der Waals surface area contributed by atoms with Crippen LogP contribution in [0.3, 0.4) is 0 Å². The predicted octanol–water partition coefficient (Wildman–Crippen LogP) is 5.25. The number of carbonyl (C=O) groups excluding carboxylic acids is 2. The van der Waals surface area contributed by atoms with E-state index in [0.29, 0.717) is 25.7 Å². The molecular weight excluding hydrogens is 470 g/mol. The maximum atomic E-state index is 13.9. The topological polar surface area (TPSA) is 66.8 Å². The molecule has 0 radical (unpaired) electrons. The van der Waals surface area contributed by atoms with Crippen molar-refractivity contribution in [2.24, 2.45) is 34.0 Å². The number of ether oxygens (including phenoxy) is 1. The molecule has 2 saturated heterocycles. The predicted molar refractivity (Wildman–Crippen MR) is 145 cm³/mol. The van der Waals surface area contributed by atoms with Crippen LogP contribution in [0.2, 0.25) is 0 Å². The maximum absolute atomic E-state index is 13.9. The highest BCUT2D eigenvalue weighted by molar-refractivity contribution is 8.00. The second kappa shape index (κ2) is 9.41. The molecule has 2 heterocycles. The third kappa shape index (κ3) is 3.95. The molecule has 0 aromatic heterocycles. The highest BCUT2D eigenvalue weighted by Gasteiger charge is 2.68. The number of thioether (sulfide) groups is 1. The molecule has 5 aliphatic rings. The van der Waals surface area contributed by atoms with Crippen molar-refractivity contribution in [2.75, 3.05) is 12.7 Å². The minimum absolute atomic E-state index is 0.00348. The first-order valence-electron chi connectivity index (χ1n) is 19.8. The molecule has 3 aliphatic carbocycles. The van der Waals surface area contributed by atoms with E-state index in [1.807, 2.05) is 20.8 Å². The Balaban J connectivity index is 1.56. The lowest BCUT2D eigenvalue weighted by Gasteiger charge is -2.61. The molecule has 0 aromatic rings. The highest BCUT2D eigenvalue weighted by atomic mass is 32.2. The molecule has 0 amide bonds.